The molecule has 1 rings (SSSR count). The molecule has 0 radical (unpaired) electrons. The van der Waals surface area contributed by atoms with Crippen molar-refractivity contribution < 1.29 is 4.79 Å². The number of alkyl halides is 1. The number of aryl methyl sites for hydroxylation is 1. The number of unbranched alkanes of at least 4 members (excludes halogenated alkanes) is 1. The van der Waals surface area contributed by atoms with Crippen LogP contribution in [0.1, 0.15) is 25.7 Å². The van der Waals surface area contributed by atoms with Gasteiger partial charge in [0.05, 0.1) is 0 Å². The van der Waals surface area contributed by atoms with Crippen molar-refractivity contribution in [2.45, 2.75) is 32.2 Å². The van der Waals surface area contributed by atoms with Crippen molar-refractivity contribution in [1.29, 1.82) is 0 Å². The third-order valence-corrected chi connectivity index (χ3v) is 2.50. The van der Waals surface area contributed by atoms with Crippen LogP contribution in [0.3, 0.4) is 0 Å². The second-order valence-corrected chi connectivity index (χ2v) is 4.00. The Morgan fingerprint density at radius 2 is 2.25 bits per heavy atom. The van der Waals surface area contributed by atoms with E-state index in [9.17, 15) is 4.79 Å². The van der Waals surface area contributed by atoms with E-state index in [0.717, 1.165) is 25.8 Å². The number of aromatic nitrogens is 2. The third-order valence-electron chi connectivity index (χ3n) is 2.23. The van der Waals surface area contributed by atoms with E-state index in [1.807, 2.05) is 16.9 Å². The molecule has 0 bridgehead atoms. The van der Waals surface area contributed by atoms with E-state index >= 15 is 0 Å². The summed E-state index contributed by atoms with van der Waals surface area (Å²) in [7, 11) is 0. The highest BCUT2D eigenvalue weighted by atomic mass is 35.5. The number of nitrogens with one attached hydrogen (secondary N) is 1. The molecule has 0 aliphatic heterocycles. The van der Waals surface area contributed by atoms with Gasteiger partial charge in [-0.1, -0.05) is 0 Å². The Kier molecular flexibility index (Phi) is 6.65. The summed E-state index contributed by atoms with van der Waals surface area (Å²) < 4.78 is 1.86. The smallest absolute Gasteiger partial charge is 0.219 e. The van der Waals surface area contributed by atoms with Gasteiger partial charge >= 0.3 is 0 Å². The van der Waals surface area contributed by atoms with Crippen LogP contribution in [0.25, 0.3) is 0 Å². The van der Waals surface area contributed by atoms with Crippen molar-refractivity contribution in [3.05, 3.63) is 18.5 Å². The second-order valence-electron chi connectivity index (χ2n) is 3.62. The van der Waals surface area contributed by atoms with Crippen LogP contribution in [0.4, 0.5) is 0 Å². The average molecular weight is 244 g/mol. The minimum atomic E-state index is 0.116. The van der Waals surface area contributed by atoms with Gasteiger partial charge in [-0.3, -0.25) is 9.48 Å². The molecule has 16 heavy (non-hydrogen) atoms. The molecular weight excluding hydrogens is 226 g/mol. The van der Waals surface area contributed by atoms with Crippen LogP contribution < -0.4 is 5.32 Å². The van der Waals surface area contributed by atoms with Crippen LogP contribution in [0.2, 0.25) is 0 Å². The lowest BCUT2D eigenvalue weighted by Crippen LogP contribution is -2.24. The number of rotatable bonds is 8. The van der Waals surface area contributed by atoms with E-state index in [0.29, 0.717) is 18.8 Å². The molecule has 5 heteroatoms. The third kappa shape index (κ3) is 5.75. The molecule has 1 aromatic heterocycles. The van der Waals surface area contributed by atoms with Gasteiger partial charge in [-0.25, -0.2) is 0 Å². The predicted molar refractivity (Wildman–Crippen MR) is 64.4 cm³/mol. The maximum absolute atomic E-state index is 11.3. The Balaban J connectivity index is 1.96. The number of hydrogen-bond acceptors (Lipinski definition) is 2. The number of nitrogens with zero attached hydrogens (tertiary/aromatic N) is 2. The van der Waals surface area contributed by atoms with Gasteiger partial charge in [-0.15, -0.1) is 11.6 Å². The summed E-state index contributed by atoms with van der Waals surface area (Å²) in [6, 6.07) is 1.89. The molecular formula is C11H18ClN3O. The highest BCUT2D eigenvalue weighted by Crippen LogP contribution is 1.97. The van der Waals surface area contributed by atoms with Crippen molar-refractivity contribution in [1.82, 2.24) is 15.1 Å². The Bertz CT molecular complexity index is 287. The van der Waals surface area contributed by atoms with Gasteiger partial charge in [0.2, 0.25) is 5.91 Å². The van der Waals surface area contributed by atoms with Crippen LogP contribution in [-0.4, -0.2) is 28.1 Å². The van der Waals surface area contributed by atoms with E-state index in [1.165, 1.54) is 0 Å². The van der Waals surface area contributed by atoms with Crippen LogP contribution in [0.15, 0.2) is 18.5 Å². The van der Waals surface area contributed by atoms with Crippen molar-refractivity contribution in [3.63, 3.8) is 0 Å². The highest BCUT2D eigenvalue weighted by molar-refractivity contribution is 6.17. The van der Waals surface area contributed by atoms with E-state index in [1.54, 1.807) is 6.20 Å². The number of amides is 1. The second kappa shape index (κ2) is 8.16. The van der Waals surface area contributed by atoms with Crippen molar-refractivity contribution in [2.75, 3.05) is 12.4 Å². The summed E-state index contributed by atoms with van der Waals surface area (Å²) in [6.07, 6.45) is 6.93. The number of carbonyl (C=O) groups excluding carboxylic acids is 1. The molecule has 1 N–H and O–H groups in total. The van der Waals surface area contributed by atoms with Crippen molar-refractivity contribution >= 4 is 17.5 Å². The molecule has 4 nitrogen and oxygen atoms in total. The molecule has 0 aromatic carbocycles. The van der Waals surface area contributed by atoms with Crippen LogP contribution >= 0.6 is 11.6 Å². The van der Waals surface area contributed by atoms with Gasteiger partial charge < -0.3 is 5.32 Å². The largest absolute Gasteiger partial charge is 0.356 e. The molecule has 0 saturated heterocycles. The monoisotopic (exact) mass is 243 g/mol. The summed E-state index contributed by atoms with van der Waals surface area (Å²) in [5, 5.41) is 6.96. The number of halogens is 1. The first-order valence-electron chi connectivity index (χ1n) is 5.63. The van der Waals surface area contributed by atoms with Crippen LogP contribution in [-0.2, 0) is 11.3 Å². The van der Waals surface area contributed by atoms with Crippen molar-refractivity contribution in [3.8, 4) is 0 Å². The number of carbonyl (C=O) groups is 1. The predicted octanol–water partition coefficient (Wildman–Crippen LogP) is 1.80. The Morgan fingerprint density at radius 1 is 1.38 bits per heavy atom. The molecule has 1 aromatic rings. The molecule has 0 aliphatic rings. The summed E-state index contributed by atoms with van der Waals surface area (Å²) in [5.41, 5.74) is 0. The zero-order valence-electron chi connectivity index (χ0n) is 9.36. The molecule has 0 aliphatic carbocycles. The molecule has 1 amide bonds. The molecule has 0 saturated carbocycles. The van der Waals surface area contributed by atoms with Crippen molar-refractivity contribution in [2.24, 2.45) is 0 Å². The molecule has 1 heterocycles. The SMILES string of the molecule is O=C(CCCCCl)NCCCn1cccn1. The fourth-order valence-corrected chi connectivity index (χ4v) is 1.56. The molecule has 0 spiro atoms. The fourth-order valence-electron chi connectivity index (χ4n) is 1.37. The van der Waals surface area contributed by atoms with Crippen LogP contribution in [0, 0.1) is 0 Å². The highest BCUT2D eigenvalue weighted by Gasteiger charge is 1.99. The first-order chi connectivity index (χ1) is 7.83. The maximum Gasteiger partial charge on any atom is 0.219 e. The minimum absolute atomic E-state index is 0.116. The first kappa shape index (κ1) is 13.0. The van der Waals surface area contributed by atoms with Gasteiger partial charge in [-0.05, 0) is 25.3 Å². The molecule has 0 atom stereocenters. The fraction of sp³-hybridized carbons (Fsp3) is 0.636. The normalized spacial score (nSPS) is 10.3. The van der Waals surface area contributed by atoms with E-state index in [2.05, 4.69) is 10.4 Å². The van der Waals surface area contributed by atoms with E-state index in [4.69, 9.17) is 11.6 Å². The Hall–Kier alpha value is -1.03. The van der Waals surface area contributed by atoms with Gasteiger partial charge in [-0.2, -0.15) is 5.10 Å². The zero-order valence-corrected chi connectivity index (χ0v) is 10.1. The van der Waals surface area contributed by atoms with Crippen LogP contribution in [0.5, 0.6) is 0 Å². The lowest BCUT2D eigenvalue weighted by molar-refractivity contribution is -0.121. The van der Waals surface area contributed by atoms with E-state index in [-0.39, 0.29) is 5.91 Å². The van der Waals surface area contributed by atoms with Gasteiger partial charge in [0.1, 0.15) is 0 Å². The van der Waals surface area contributed by atoms with E-state index < -0.39 is 0 Å². The summed E-state index contributed by atoms with van der Waals surface area (Å²) in [5.74, 6) is 0.748. The summed E-state index contributed by atoms with van der Waals surface area (Å²) in [4.78, 5) is 11.3. The topological polar surface area (TPSA) is 46.9 Å². The zero-order chi connectivity index (χ0) is 11.6. The molecule has 0 unspecified atom stereocenters. The molecule has 90 valence electrons. The first-order valence-corrected chi connectivity index (χ1v) is 6.16. The van der Waals surface area contributed by atoms with Gasteiger partial charge in [0.15, 0.2) is 0 Å². The number of hydrogen-bond donors (Lipinski definition) is 1. The van der Waals surface area contributed by atoms with Gasteiger partial charge in [0, 0.05) is 37.8 Å². The Morgan fingerprint density at radius 3 is 2.94 bits per heavy atom. The summed E-state index contributed by atoms with van der Waals surface area (Å²) >= 11 is 5.53. The molecule has 0 fully saturated rings. The Labute approximate surface area is 101 Å². The quantitative estimate of drug-likeness (QED) is 0.559. The summed E-state index contributed by atoms with van der Waals surface area (Å²) in [6.45, 7) is 1.55. The lowest BCUT2D eigenvalue weighted by atomic mass is 10.2. The standard InChI is InChI=1S/C11H18ClN3O/c12-6-2-1-5-11(16)13-7-3-9-15-10-4-8-14-15/h4,8,10H,1-3,5-7,9H2,(H,13,16). The minimum Gasteiger partial charge on any atom is -0.356 e. The maximum atomic E-state index is 11.3. The average Bonchev–Trinajstić information content (AvgIpc) is 2.78. The van der Waals surface area contributed by atoms with Gasteiger partial charge in [0.25, 0.3) is 0 Å². The lowest BCUT2D eigenvalue weighted by Gasteiger charge is -2.04.